The summed E-state index contributed by atoms with van der Waals surface area (Å²) < 4.78 is 43.8. The first kappa shape index (κ1) is 18.0. The summed E-state index contributed by atoms with van der Waals surface area (Å²) in [7, 11) is -1.89. The zero-order valence-electron chi connectivity index (χ0n) is 15.7. The van der Waals surface area contributed by atoms with Crippen molar-refractivity contribution in [2.45, 2.75) is 17.9 Å². The Bertz CT molecular complexity index is 1320. The maximum absolute atomic E-state index is 13.2. The SMILES string of the molecule is Cn1cc(S(=O)(=O)N2CCc3cc4c(cnn4-c4ccc(F)cc4)cc3C2)cn1. The monoisotopic (exact) mass is 411 g/mol. The molecule has 0 bridgehead atoms. The van der Waals surface area contributed by atoms with Crippen molar-refractivity contribution in [3.63, 3.8) is 0 Å². The van der Waals surface area contributed by atoms with E-state index in [1.54, 1.807) is 30.1 Å². The van der Waals surface area contributed by atoms with Gasteiger partial charge in [-0.15, -0.1) is 0 Å². The van der Waals surface area contributed by atoms with Crippen LogP contribution in [0.15, 0.2) is 59.9 Å². The predicted molar refractivity (Wildman–Crippen MR) is 106 cm³/mol. The molecule has 1 aliphatic rings. The minimum atomic E-state index is -3.59. The smallest absolute Gasteiger partial charge is 0.246 e. The number of aromatic nitrogens is 4. The lowest BCUT2D eigenvalue weighted by Gasteiger charge is -2.27. The van der Waals surface area contributed by atoms with Crippen LogP contribution in [0.4, 0.5) is 4.39 Å². The molecule has 0 aliphatic carbocycles. The molecule has 29 heavy (non-hydrogen) atoms. The Morgan fingerprint density at radius 1 is 1.03 bits per heavy atom. The summed E-state index contributed by atoms with van der Waals surface area (Å²) in [4.78, 5) is 0.202. The van der Waals surface area contributed by atoms with Crippen LogP contribution in [0.1, 0.15) is 11.1 Å². The molecular weight excluding hydrogens is 393 g/mol. The average Bonchev–Trinajstić information content (AvgIpc) is 3.33. The van der Waals surface area contributed by atoms with E-state index in [9.17, 15) is 12.8 Å². The normalized spacial score (nSPS) is 15.0. The molecule has 0 unspecified atom stereocenters. The first-order chi connectivity index (χ1) is 13.9. The average molecular weight is 411 g/mol. The topological polar surface area (TPSA) is 73.0 Å². The molecule has 0 fully saturated rings. The maximum atomic E-state index is 13.2. The number of aryl methyl sites for hydroxylation is 1. The standard InChI is InChI=1S/C20H18FN5O2S/c1-24-13-19(11-22-24)29(27,28)25-7-6-14-9-20-15(8-16(14)12-25)10-23-26(20)18-4-2-17(21)3-5-18/h2-5,8-11,13H,6-7,12H2,1H3. The minimum Gasteiger partial charge on any atom is -0.274 e. The van der Waals surface area contributed by atoms with Crippen LogP contribution < -0.4 is 0 Å². The van der Waals surface area contributed by atoms with E-state index >= 15 is 0 Å². The highest BCUT2D eigenvalue weighted by atomic mass is 32.2. The van der Waals surface area contributed by atoms with Gasteiger partial charge in [-0.2, -0.15) is 14.5 Å². The van der Waals surface area contributed by atoms with Crippen LogP contribution in [0.5, 0.6) is 0 Å². The summed E-state index contributed by atoms with van der Waals surface area (Å²) >= 11 is 0. The quantitative estimate of drug-likeness (QED) is 0.520. The van der Waals surface area contributed by atoms with E-state index in [0.29, 0.717) is 19.5 Å². The predicted octanol–water partition coefficient (Wildman–Crippen LogP) is 2.65. The lowest BCUT2D eigenvalue weighted by Crippen LogP contribution is -2.35. The summed E-state index contributed by atoms with van der Waals surface area (Å²) in [6.45, 7) is 0.713. The third-order valence-electron chi connectivity index (χ3n) is 5.26. The number of hydrogen-bond acceptors (Lipinski definition) is 4. The van der Waals surface area contributed by atoms with Gasteiger partial charge in [0.1, 0.15) is 10.7 Å². The van der Waals surface area contributed by atoms with Crippen LogP contribution >= 0.6 is 0 Å². The second kappa shape index (κ2) is 6.50. The van der Waals surface area contributed by atoms with E-state index < -0.39 is 10.0 Å². The van der Waals surface area contributed by atoms with Crippen molar-refractivity contribution >= 4 is 20.9 Å². The third kappa shape index (κ3) is 3.02. The third-order valence-corrected chi connectivity index (χ3v) is 7.05. The van der Waals surface area contributed by atoms with Gasteiger partial charge in [0.15, 0.2) is 0 Å². The minimum absolute atomic E-state index is 0.202. The number of benzene rings is 2. The van der Waals surface area contributed by atoms with Crippen LogP contribution in [0, 0.1) is 5.82 Å². The molecule has 148 valence electrons. The molecule has 7 nitrogen and oxygen atoms in total. The van der Waals surface area contributed by atoms with Crippen LogP contribution in [-0.4, -0.2) is 38.8 Å². The molecule has 9 heteroatoms. The molecular formula is C20H18FN5O2S. The summed E-state index contributed by atoms with van der Waals surface area (Å²) in [5, 5.41) is 9.32. The molecule has 0 N–H and O–H groups in total. The van der Waals surface area contributed by atoms with Gasteiger partial charge >= 0.3 is 0 Å². The van der Waals surface area contributed by atoms with E-state index in [1.165, 1.54) is 33.5 Å². The summed E-state index contributed by atoms with van der Waals surface area (Å²) in [5.41, 5.74) is 3.76. The number of hydrogen-bond donors (Lipinski definition) is 0. The Morgan fingerprint density at radius 2 is 1.83 bits per heavy atom. The summed E-state index contributed by atoms with van der Waals surface area (Å²) in [6.07, 6.45) is 5.24. The van der Waals surface area contributed by atoms with Crippen molar-refractivity contribution in [2.75, 3.05) is 6.54 Å². The summed E-state index contributed by atoms with van der Waals surface area (Å²) in [6, 6.07) is 10.2. The number of nitrogens with zero attached hydrogens (tertiary/aromatic N) is 5. The molecule has 2 aromatic carbocycles. The van der Waals surface area contributed by atoms with Gasteiger partial charge in [-0.25, -0.2) is 17.5 Å². The zero-order chi connectivity index (χ0) is 20.2. The largest absolute Gasteiger partial charge is 0.274 e. The van der Waals surface area contributed by atoms with Crippen molar-refractivity contribution in [1.82, 2.24) is 23.9 Å². The van der Waals surface area contributed by atoms with Crippen LogP contribution in [-0.2, 0) is 30.0 Å². The van der Waals surface area contributed by atoms with Crippen molar-refractivity contribution in [1.29, 1.82) is 0 Å². The van der Waals surface area contributed by atoms with Gasteiger partial charge in [0, 0.05) is 31.7 Å². The number of rotatable bonds is 3. The van der Waals surface area contributed by atoms with Crippen molar-refractivity contribution < 1.29 is 12.8 Å². The van der Waals surface area contributed by atoms with Crippen LogP contribution in [0.25, 0.3) is 16.6 Å². The Labute approximate surface area is 167 Å². The second-order valence-electron chi connectivity index (χ2n) is 7.15. The van der Waals surface area contributed by atoms with E-state index in [4.69, 9.17) is 0 Å². The molecule has 3 heterocycles. The Balaban J connectivity index is 1.51. The first-order valence-corrected chi connectivity index (χ1v) is 10.6. The van der Waals surface area contributed by atoms with Crippen molar-refractivity contribution in [2.24, 2.45) is 7.05 Å². The van der Waals surface area contributed by atoms with E-state index in [1.807, 2.05) is 6.07 Å². The van der Waals surface area contributed by atoms with E-state index in [2.05, 4.69) is 16.3 Å². The Morgan fingerprint density at radius 3 is 2.55 bits per heavy atom. The molecule has 0 saturated carbocycles. The van der Waals surface area contributed by atoms with Gasteiger partial charge in [0.25, 0.3) is 0 Å². The van der Waals surface area contributed by atoms with Gasteiger partial charge in [-0.05, 0) is 53.9 Å². The van der Waals surface area contributed by atoms with E-state index in [0.717, 1.165) is 27.7 Å². The molecule has 0 radical (unpaired) electrons. The fourth-order valence-corrected chi connectivity index (χ4v) is 5.14. The molecule has 0 spiro atoms. The fourth-order valence-electron chi connectivity index (χ4n) is 3.73. The maximum Gasteiger partial charge on any atom is 0.246 e. The number of fused-ring (bicyclic) bond motifs is 2. The lowest BCUT2D eigenvalue weighted by molar-refractivity contribution is 0.391. The highest BCUT2D eigenvalue weighted by molar-refractivity contribution is 7.89. The zero-order valence-corrected chi connectivity index (χ0v) is 16.5. The van der Waals surface area contributed by atoms with Crippen molar-refractivity contribution in [3.05, 3.63) is 71.9 Å². The molecule has 0 atom stereocenters. The van der Waals surface area contributed by atoms with Gasteiger partial charge in [0.2, 0.25) is 10.0 Å². The van der Waals surface area contributed by atoms with Crippen molar-refractivity contribution in [3.8, 4) is 5.69 Å². The fraction of sp³-hybridized carbons (Fsp3) is 0.200. The molecule has 0 amide bonds. The van der Waals surface area contributed by atoms with Gasteiger partial charge in [0.05, 0.1) is 23.6 Å². The molecule has 2 aromatic heterocycles. The van der Waals surface area contributed by atoms with Crippen LogP contribution in [0.2, 0.25) is 0 Å². The van der Waals surface area contributed by atoms with Gasteiger partial charge in [-0.1, -0.05) is 0 Å². The molecule has 1 aliphatic heterocycles. The lowest BCUT2D eigenvalue weighted by atomic mass is 9.99. The Kier molecular flexibility index (Phi) is 4.04. The highest BCUT2D eigenvalue weighted by Gasteiger charge is 2.29. The van der Waals surface area contributed by atoms with E-state index in [-0.39, 0.29) is 10.7 Å². The summed E-state index contributed by atoms with van der Waals surface area (Å²) in [5.74, 6) is -0.294. The number of sulfonamides is 1. The molecule has 0 saturated heterocycles. The highest BCUT2D eigenvalue weighted by Crippen LogP contribution is 2.29. The van der Waals surface area contributed by atoms with Crippen LogP contribution in [0.3, 0.4) is 0 Å². The molecule has 4 aromatic rings. The number of halogens is 1. The second-order valence-corrected chi connectivity index (χ2v) is 9.09. The van der Waals surface area contributed by atoms with Gasteiger partial charge in [-0.3, -0.25) is 4.68 Å². The van der Waals surface area contributed by atoms with Gasteiger partial charge < -0.3 is 0 Å². The first-order valence-electron chi connectivity index (χ1n) is 9.16. The molecule has 5 rings (SSSR count). The Hall–Kier alpha value is -3.04.